The van der Waals surface area contributed by atoms with Gasteiger partial charge in [-0.3, -0.25) is 14.8 Å². The Labute approximate surface area is 98.3 Å². The third kappa shape index (κ3) is 3.01. The van der Waals surface area contributed by atoms with Gasteiger partial charge in [0.25, 0.3) is 5.91 Å². The quantitative estimate of drug-likeness (QED) is 0.848. The standard InChI is InChI=1S/C12H11N3O2/c13-12(16)8-17-9-4-5-11(15-7-9)10-3-1-2-6-14-10/h1-7H,8H2,(H2,13,16). The summed E-state index contributed by atoms with van der Waals surface area (Å²) in [7, 11) is 0. The normalized spacial score (nSPS) is 9.88. The smallest absolute Gasteiger partial charge is 0.255 e. The van der Waals surface area contributed by atoms with Crippen molar-refractivity contribution in [1.29, 1.82) is 0 Å². The molecule has 0 bridgehead atoms. The van der Waals surface area contributed by atoms with Gasteiger partial charge in [-0.2, -0.15) is 0 Å². The van der Waals surface area contributed by atoms with Crippen LogP contribution in [0.4, 0.5) is 0 Å². The number of carbonyl (C=O) groups is 1. The zero-order valence-corrected chi connectivity index (χ0v) is 9.04. The Hall–Kier alpha value is -2.43. The second kappa shape index (κ2) is 5.07. The molecular formula is C12H11N3O2. The van der Waals surface area contributed by atoms with Gasteiger partial charge in [0.05, 0.1) is 17.6 Å². The van der Waals surface area contributed by atoms with E-state index in [1.165, 1.54) is 6.20 Å². The highest BCUT2D eigenvalue weighted by molar-refractivity contribution is 5.75. The third-order valence-electron chi connectivity index (χ3n) is 2.04. The molecule has 0 spiro atoms. The van der Waals surface area contributed by atoms with E-state index in [1.54, 1.807) is 18.3 Å². The lowest BCUT2D eigenvalue weighted by Crippen LogP contribution is -2.20. The van der Waals surface area contributed by atoms with E-state index in [9.17, 15) is 4.79 Å². The number of nitrogens with two attached hydrogens (primary N) is 1. The van der Waals surface area contributed by atoms with Crippen molar-refractivity contribution in [2.45, 2.75) is 0 Å². The monoisotopic (exact) mass is 229 g/mol. The minimum atomic E-state index is -0.515. The van der Waals surface area contributed by atoms with Crippen LogP contribution in [-0.2, 0) is 4.79 Å². The number of aromatic nitrogens is 2. The zero-order valence-electron chi connectivity index (χ0n) is 9.04. The van der Waals surface area contributed by atoms with Crippen molar-refractivity contribution in [2.24, 2.45) is 5.73 Å². The van der Waals surface area contributed by atoms with Crippen LogP contribution in [0.2, 0.25) is 0 Å². The topological polar surface area (TPSA) is 78.1 Å². The molecule has 86 valence electrons. The van der Waals surface area contributed by atoms with E-state index in [0.717, 1.165) is 11.4 Å². The molecular weight excluding hydrogens is 218 g/mol. The Bertz CT molecular complexity index is 497. The average Bonchev–Trinajstić information content (AvgIpc) is 2.38. The van der Waals surface area contributed by atoms with Gasteiger partial charge in [-0.1, -0.05) is 6.07 Å². The largest absolute Gasteiger partial charge is 0.482 e. The van der Waals surface area contributed by atoms with Gasteiger partial charge >= 0.3 is 0 Å². The highest BCUT2D eigenvalue weighted by Crippen LogP contribution is 2.16. The van der Waals surface area contributed by atoms with Gasteiger partial charge in [-0.15, -0.1) is 0 Å². The fourth-order valence-electron chi connectivity index (χ4n) is 1.29. The molecule has 2 N–H and O–H groups in total. The number of hydrogen-bond donors (Lipinski definition) is 1. The summed E-state index contributed by atoms with van der Waals surface area (Å²) < 4.78 is 5.10. The van der Waals surface area contributed by atoms with Crippen LogP contribution in [0.1, 0.15) is 0 Å². The number of carbonyl (C=O) groups excluding carboxylic acids is 1. The van der Waals surface area contributed by atoms with Crippen LogP contribution >= 0.6 is 0 Å². The van der Waals surface area contributed by atoms with E-state index in [2.05, 4.69) is 9.97 Å². The van der Waals surface area contributed by atoms with Crippen LogP contribution in [0, 0.1) is 0 Å². The molecule has 1 amide bonds. The van der Waals surface area contributed by atoms with Gasteiger partial charge in [0.1, 0.15) is 5.75 Å². The lowest BCUT2D eigenvalue weighted by atomic mass is 10.2. The molecule has 2 aromatic heterocycles. The zero-order chi connectivity index (χ0) is 12.1. The number of nitrogens with zero attached hydrogens (tertiary/aromatic N) is 2. The fourth-order valence-corrected chi connectivity index (χ4v) is 1.29. The predicted molar refractivity (Wildman–Crippen MR) is 62.2 cm³/mol. The number of ether oxygens (including phenoxy) is 1. The summed E-state index contributed by atoms with van der Waals surface area (Å²) in [5.41, 5.74) is 6.50. The minimum absolute atomic E-state index is 0.148. The molecule has 0 aliphatic rings. The van der Waals surface area contributed by atoms with Gasteiger partial charge < -0.3 is 10.5 Å². The first-order valence-corrected chi connectivity index (χ1v) is 5.04. The van der Waals surface area contributed by atoms with Gasteiger partial charge in [0, 0.05) is 6.20 Å². The van der Waals surface area contributed by atoms with E-state index < -0.39 is 5.91 Å². The minimum Gasteiger partial charge on any atom is -0.482 e. The van der Waals surface area contributed by atoms with Crippen molar-refractivity contribution in [1.82, 2.24) is 9.97 Å². The van der Waals surface area contributed by atoms with Crippen LogP contribution in [0.3, 0.4) is 0 Å². The van der Waals surface area contributed by atoms with Crippen molar-refractivity contribution in [3.05, 3.63) is 42.7 Å². The summed E-state index contributed by atoms with van der Waals surface area (Å²) in [6.07, 6.45) is 3.24. The molecule has 0 aliphatic heterocycles. The summed E-state index contributed by atoms with van der Waals surface area (Å²) in [6.45, 7) is -0.148. The summed E-state index contributed by atoms with van der Waals surface area (Å²) in [4.78, 5) is 18.9. The Morgan fingerprint density at radius 2 is 2.00 bits per heavy atom. The Morgan fingerprint density at radius 3 is 2.59 bits per heavy atom. The molecule has 0 atom stereocenters. The number of amides is 1. The molecule has 0 saturated heterocycles. The van der Waals surface area contributed by atoms with Crippen molar-refractivity contribution < 1.29 is 9.53 Å². The Morgan fingerprint density at radius 1 is 1.18 bits per heavy atom. The summed E-state index contributed by atoms with van der Waals surface area (Å²) in [5.74, 6) is -0.0118. The van der Waals surface area contributed by atoms with E-state index in [-0.39, 0.29) is 6.61 Å². The third-order valence-corrected chi connectivity index (χ3v) is 2.04. The molecule has 2 rings (SSSR count). The molecule has 0 saturated carbocycles. The molecule has 2 aromatic rings. The Kier molecular flexibility index (Phi) is 3.30. The van der Waals surface area contributed by atoms with E-state index in [1.807, 2.05) is 18.2 Å². The first kappa shape index (κ1) is 11.1. The highest BCUT2D eigenvalue weighted by atomic mass is 16.5. The fraction of sp³-hybridized carbons (Fsp3) is 0.0833. The van der Waals surface area contributed by atoms with Crippen molar-refractivity contribution in [3.8, 4) is 17.1 Å². The number of hydrogen-bond acceptors (Lipinski definition) is 4. The van der Waals surface area contributed by atoms with Crippen molar-refractivity contribution >= 4 is 5.91 Å². The van der Waals surface area contributed by atoms with Gasteiger partial charge in [0.15, 0.2) is 6.61 Å². The number of pyridine rings is 2. The van der Waals surface area contributed by atoms with Gasteiger partial charge in [-0.05, 0) is 24.3 Å². The summed E-state index contributed by atoms with van der Waals surface area (Å²) in [6, 6.07) is 9.10. The maximum Gasteiger partial charge on any atom is 0.255 e. The molecule has 0 aliphatic carbocycles. The molecule has 0 unspecified atom stereocenters. The Balaban J connectivity index is 2.11. The van der Waals surface area contributed by atoms with Gasteiger partial charge in [-0.25, -0.2) is 0 Å². The van der Waals surface area contributed by atoms with Crippen LogP contribution in [0.5, 0.6) is 5.75 Å². The highest BCUT2D eigenvalue weighted by Gasteiger charge is 2.01. The molecule has 0 radical (unpaired) electrons. The first-order chi connectivity index (χ1) is 8.25. The molecule has 5 nitrogen and oxygen atoms in total. The summed E-state index contributed by atoms with van der Waals surface area (Å²) in [5, 5.41) is 0. The second-order valence-electron chi connectivity index (χ2n) is 3.35. The van der Waals surface area contributed by atoms with E-state index >= 15 is 0 Å². The van der Waals surface area contributed by atoms with Crippen LogP contribution in [0.25, 0.3) is 11.4 Å². The number of primary amides is 1. The van der Waals surface area contributed by atoms with Crippen LogP contribution < -0.4 is 10.5 Å². The lowest BCUT2D eigenvalue weighted by molar-refractivity contribution is -0.119. The maximum absolute atomic E-state index is 10.5. The van der Waals surface area contributed by atoms with Crippen molar-refractivity contribution in [3.63, 3.8) is 0 Å². The number of rotatable bonds is 4. The first-order valence-electron chi connectivity index (χ1n) is 5.04. The molecule has 0 fully saturated rings. The van der Waals surface area contributed by atoms with Crippen LogP contribution in [0.15, 0.2) is 42.7 Å². The van der Waals surface area contributed by atoms with E-state index in [4.69, 9.17) is 10.5 Å². The average molecular weight is 229 g/mol. The molecule has 17 heavy (non-hydrogen) atoms. The summed E-state index contributed by atoms with van der Waals surface area (Å²) >= 11 is 0. The second-order valence-corrected chi connectivity index (χ2v) is 3.35. The lowest BCUT2D eigenvalue weighted by Gasteiger charge is -2.04. The molecule has 5 heteroatoms. The van der Waals surface area contributed by atoms with Crippen LogP contribution in [-0.4, -0.2) is 22.5 Å². The molecule has 0 aromatic carbocycles. The maximum atomic E-state index is 10.5. The predicted octanol–water partition coefficient (Wildman–Crippen LogP) is 1.01. The SMILES string of the molecule is NC(=O)COc1ccc(-c2ccccn2)nc1. The van der Waals surface area contributed by atoms with Crippen molar-refractivity contribution in [2.75, 3.05) is 6.61 Å². The van der Waals surface area contributed by atoms with E-state index in [0.29, 0.717) is 5.75 Å². The van der Waals surface area contributed by atoms with Gasteiger partial charge in [0.2, 0.25) is 0 Å². The molecule has 2 heterocycles.